The number of hydrogen-bond donors (Lipinski definition) is 2. The molecule has 0 bridgehead atoms. The first kappa shape index (κ1) is 13.5. The summed E-state index contributed by atoms with van der Waals surface area (Å²) in [6.45, 7) is 6.94. The van der Waals surface area contributed by atoms with Crippen molar-refractivity contribution in [2.24, 2.45) is 10.7 Å². The molecule has 3 nitrogen and oxygen atoms in total. The second-order valence-corrected chi connectivity index (χ2v) is 5.66. The highest BCUT2D eigenvalue weighted by Gasteiger charge is 2.23. The Balaban J connectivity index is 2.49. The van der Waals surface area contributed by atoms with E-state index in [2.05, 4.69) is 31.1 Å². The molecule has 0 aromatic heterocycles. The van der Waals surface area contributed by atoms with Gasteiger partial charge in [0.15, 0.2) is 5.96 Å². The topological polar surface area (TPSA) is 50.4 Å². The lowest BCUT2D eigenvalue weighted by atomic mass is 9.91. The molecule has 1 aromatic carbocycles. The van der Waals surface area contributed by atoms with Crippen molar-refractivity contribution in [3.8, 4) is 0 Å². The summed E-state index contributed by atoms with van der Waals surface area (Å²) in [5.74, 6) is 0.811. The molecule has 3 N–H and O–H groups in total. The molecule has 1 aliphatic rings. The Morgan fingerprint density at radius 1 is 1.44 bits per heavy atom. The minimum atomic E-state index is 0.0947. The number of hydrogen-bond acceptors (Lipinski definition) is 3. The molecule has 0 saturated heterocycles. The summed E-state index contributed by atoms with van der Waals surface area (Å²) >= 11 is 12.5. The van der Waals surface area contributed by atoms with Crippen LogP contribution in [-0.4, -0.2) is 12.5 Å². The van der Waals surface area contributed by atoms with Crippen molar-refractivity contribution < 1.29 is 0 Å². The van der Waals surface area contributed by atoms with Gasteiger partial charge >= 0.3 is 0 Å². The highest BCUT2D eigenvalue weighted by atomic mass is 35.5. The van der Waals surface area contributed by atoms with E-state index < -0.39 is 0 Å². The molecular weight excluding hydrogens is 269 g/mol. The maximum absolute atomic E-state index is 6.30. The first-order valence-corrected chi connectivity index (χ1v) is 6.72. The van der Waals surface area contributed by atoms with E-state index >= 15 is 0 Å². The largest absolute Gasteiger partial charge is 0.370 e. The first-order valence-electron chi connectivity index (χ1n) is 5.96. The molecular formula is C13H17Cl2N3. The minimum Gasteiger partial charge on any atom is -0.370 e. The van der Waals surface area contributed by atoms with Gasteiger partial charge in [-0.15, -0.1) is 0 Å². The highest BCUT2D eigenvalue weighted by molar-refractivity contribution is 6.42. The van der Waals surface area contributed by atoms with Crippen LogP contribution in [0.1, 0.15) is 42.5 Å². The fraction of sp³-hybridized carbons (Fsp3) is 0.462. The Bertz CT molecular complexity index is 509. The van der Waals surface area contributed by atoms with Crippen molar-refractivity contribution in [3.05, 3.63) is 32.8 Å². The van der Waals surface area contributed by atoms with Crippen LogP contribution in [0.2, 0.25) is 10.0 Å². The van der Waals surface area contributed by atoms with E-state index in [4.69, 9.17) is 28.9 Å². The Morgan fingerprint density at radius 3 is 2.61 bits per heavy atom. The third-order valence-electron chi connectivity index (χ3n) is 3.28. The number of rotatable bonds is 2. The van der Waals surface area contributed by atoms with E-state index in [0.717, 1.165) is 11.1 Å². The van der Waals surface area contributed by atoms with Gasteiger partial charge in [-0.25, -0.2) is 0 Å². The number of nitrogens with one attached hydrogen (secondary N) is 1. The maximum atomic E-state index is 6.30. The zero-order valence-electron chi connectivity index (χ0n) is 10.7. The van der Waals surface area contributed by atoms with E-state index in [1.165, 1.54) is 5.56 Å². The summed E-state index contributed by atoms with van der Waals surface area (Å²) in [6.07, 6.45) is 0. The fourth-order valence-electron chi connectivity index (χ4n) is 2.44. The van der Waals surface area contributed by atoms with Crippen LogP contribution < -0.4 is 11.1 Å². The van der Waals surface area contributed by atoms with Crippen molar-refractivity contribution >= 4 is 29.2 Å². The molecule has 0 spiro atoms. The fourth-order valence-corrected chi connectivity index (χ4v) is 3.07. The molecule has 2 rings (SSSR count). The SMILES string of the molecule is Cc1c(C2CN=C(N)N2)cc(Cl)c(Cl)c1C(C)C. The summed E-state index contributed by atoms with van der Waals surface area (Å²) in [5.41, 5.74) is 9.05. The van der Waals surface area contributed by atoms with Crippen LogP contribution in [0.4, 0.5) is 0 Å². The molecule has 98 valence electrons. The summed E-state index contributed by atoms with van der Waals surface area (Å²) in [5, 5.41) is 4.39. The van der Waals surface area contributed by atoms with E-state index in [1.807, 2.05) is 6.07 Å². The predicted molar refractivity (Wildman–Crippen MR) is 77.7 cm³/mol. The van der Waals surface area contributed by atoms with E-state index in [0.29, 0.717) is 28.5 Å². The second kappa shape index (κ2) is 4.98. The molecule has 0 radical (unpaired) electrons. The standard InChI is InChI=1S/C13H17Cl2N3/c1-6(2)11-7(3)8(4-9(14)12(11)15)10-5-17-13(16)18-10/h4,6,10H,5H2,1-3H3,(H3,16,17,18). The summed E-state index contributed by atoms with van der Waals surface area (Å²) < 4.78 is 0. The van der Waals surface area contributed by atoms with Gasteiger partial charge in [0.05, 0.1) is 22.6 Å². The monoisotopic (exact) mass is 285 g/mol. The zero-order valence-corrected chi connectivity index (χ0v) is 12.2. The van der Waals surface area contributed by atoms with E-state index in [1.54, 1.807) is 0 Å². The van der Waals surface area contributed by atoms with Gasteiger partial charge in [-0.3, -0.25) is 4.99 Å². The number of halogens is 2. The van der Waals surface area contributed by atoms with Crippen LogP contribution in [0.3, 0.4) is 0 Å². The third kappa shape index (κ3) is 2.29. The molecule has 0 aliphatic carbocycles. The molecule has 5 heteroatoms. The van der Waals surface area contributed by atoms with Gasteiger partial charge in [-0.05, 0) is 35.6 Å². The molecule has 0 fully saturated rings. The maximum Gasteiger partial charge on any atom is 0.189 e. The molecule has 1 unspecified atom stereocenters. The smallest absolute Gasteiger partial charge is 0.189 e. The van der Waals surface area contributed by atoms with Gasteiger partial charge in [-0.2, -0.15) is 0 Å². The molecule has 0 saturated carbocycles. The van der Waals surface area contributed by atoms with Crippen LogP contribution in [0.5, 0.6) is 0 Å². The van der Waals surface area contributed by atoms with E-state index in [-0.39, 0.29) is 6.04 Å². The van der Waals surface area contributed by atoms with Gasteiger partial charge < -0.3 is 11.1 Å². The number of nitrogens with zero attached hydrogens (tertiary/aromatic N) is 1. The van der Waals surface area contributed by atoms with Gasteiger partial charge in [0, 0.05) is 0 Å². The van der Waals surface area contributed by atoms with Gasteiger partial charge in [0.1, 0.15) is 0 Å². The summed E-state index contributed by atoms with van der Waals surface area (Å²) in [7, 11) is 0. The first-order chi connectivity index (χ1) is 8.41. The molecule has 0 amide bonds. The third-order valence-corrected chi connectivity index (χ3v) is 4.09. The predicted octanol–water partition coefficient (Wildman–Crippen LogP) is 3.38. The number of nitrogens with two attached hydrogens (primary N) is 1. The van der Waals surface area contributed by atoms with Crippen molar-refractivity contribution in [3.63, 3.8) is 0 Å². The lowest BCUT2D eigenvalue weighted by molar-refractivity contribution is 0.697. The Morgan fingerprint density at radius 2 is 2.11 bits per heavy atom. The van der Waals surface area contributed by atoms with Crippen molar-refractivity contribution in [2.75, 3.05) is 6.54 Å². The summed E-state index contributed by atoms with van der Waals surface area (Å²) in [6, 6.07) is 2.01. The van der Waals surface area contributed by atoms with Crippen LogP contribution in [0, 0.1) is 6.92 Å². The molecule has 1 atom stereocenters. The van der Waals surface area contributed by atoms with E-state index in [9.17, 15) is 0 Å². The number of aliphatic imine (C=N–C) groups is 1. The average molecular weight is 286 g/mol. The lowest BCUT2D eigenvalue weighted by Gasteiger charge is -2.21. The van der Waals surface area contributed by atoms with Crippen LogP contribution in [0.25, 0.3) is 0 Å². The Hall–Kier alpha value is -0.930. The molecule has 1 aromatic rings. The van der Waals surface area contributed by atoms with Crippen LogP contribution >= 0.6 is 23.2 Å². The van der Waals surface area contributed by atoms with Crippen molar-refractivity contribution in [2.45, 2.75) is 32.7 Å². The molecule has 18 heavy (non-hydrogen) atoms. The Kier molecular flexibility index (Phi) is 3.74. The average Bonchev–Trinajstić information content (AvgIpc) is 2.70. The Labute approximate surface area is 117 Å². The van der Waals surface area contributed by atoms with Crippen LogP contribution in [-0.2, 0) is 0 Å². The summed E-state index contributed by atoms with van der Waals surface area (Å²) in [4.78, 5) is 4.17. The molecule has 1 aliphatic heterocycles. The van der Waals surface area contributed by atoms with Gasteiger partial charge in [0.25, 0.3) is 0 Å². The highest BCUT2D eigenvalue weighted by Crippen LogP contribution is 2.38. The minimum absolute atomic E-state index is 0.0947. The normalized spacial score (nSPS) is 19.0. The van der Waals surface area contributed by atoms with Crippen molar-refractivity contribution in [1.29, 1.82) is 0 Å². The quantitative estimate of drug-likeness (QED) is 0.875. The zero-order chi connectivity index (χ0) is 13.4. The lowest BCUT2D eigenvalue weighted by Crippen LogP contribution is -2.30. The number of benzene rings is 1. The van der Waals surface area contributed by atoms with Gasteiger partial charge in [-0.1, -0.05) is 37.0 Å². The van der Waals surface area contributed by atoms with Gasteiger partial charge in [0.2, 0.25) is 0 Å². The number of guanidine groups is 1. The van der Waals surface area contributed by atoms with Crippen LogP contribution in [0.15, 0.2) is 11.1 Å². The molecule has 1 heterocycles. The second-order valence-electron chi connectivity index (χ2n) is 4.88. The van der Waals surface area contributed by atoms with Crippen molar-refractivity contribution in [1.82, 2.24) is 5.32 Å².